The van der Waals surface area contributed by atoms with Gasteiger partial charge in [-0.1, -0.05) is 19.1 Å². The second kappa shape index (κ2) is 5.36. The molecule has 4 N–H and O–H groups in total. The number of rotatable bonds is 4. The fourth-order valence-corrected chi connectivity index (χ4v) is 1.40. The Morgan fingerprint density at radius 3 is 2.33 bits per heavy atom. The van der Waals surface area contributed by atoms with Crippen LogP contribution < -0.4 is 16.4 Å². The first kappa shape index (κ1) is 11.5. The van der Waals surface area contributed by atoms with E-state index in [0.717, 1.165) is 17.7 Å². The van der Waals surface area contributed by atoms with Gasteiger partial charge in [0.2, 0.25) is 0 Å². The van der Waals surface area contributed by atoms with Gasteiger partial charge in [0, 0.05) is 18.8 Å². The van der Waals surface area contributed by atoms with Crippen LogP contribution in [0.4, 0.5) is 10.5 Å². The fourth-order valence-electron chi connectivity index (χ4n) is 1.40. The summed E-state index contributed by atoms with van der Waals surface area (Å²) >= 11 is 0. The van der Waals surface area contributed by atoms with Gasteiger partial charge in [-0.2, -0.15) is 0 Å². The number of hydrogen-bond acceptors (Lipinski definition) is 2. The Labute approximate surface area is 89.9 Å². The molecule has 0 unspecified atom stereocenters. The SMILES string of the molecule is CCCN(C(N)=O)c1ccc(CN)cc1. The van der Waals surface area contributed by atoms with E-state index in [-0.39, 0.29) is 0 Å². The van der Waals surface area contributed by atoms with Gasteiger partial charge in [0.1, 0.15) is 0 Å². The number of nitrogens with zero attached hydrogens (tertiary/aromatic N) is 1. The number of hydrogen-bond donors (Lipinski definition) is 2. The molecular formula is C11H17N3O. The number of carbonyl (C=O) groups is 1. The molecule has 2 amide bonds. The molecule has 0 spiro atoms. The number of amides is 2. The molecule has 0 atom stereocenters. The lowest BCUT2D eigenvalue weighted by Crippen LogP contribution is -2.36. The highest BCUT2D eigenvalue weighted by atomic mass is 16.2. The van der Waals surface area contributed by atoms with Crippen molar-refractivity contribution >= 4 is 11.7 Å². The molecule has 4 nitrogen and oxygen atoms in total. The predicted molar refractivity (Wildman–Crippen MR) is 61.6 cm³/mol. The van der Waals surface area contributed by atoms with Crippen molar-refractivity contribution in [2.45, 2.75) is 19.9 Å². The summed E-state index contributed by atoms with van der Waals surface area (Å²) in [6.45, 7) is 3.14. The zero-order valence-corrected chi connectivity index (χ0v) is 8.94. The third kappa shape index (κ3) is 2.95. The number of urea groups is 1. The molecule has 0 aliphatic heterocycles. The van der Waals surface area contributed by atoms with Crippen molar-refractivity contribution < 1.29 is 4.79 Å². The molecule has 1 aromatic rings. The number of anilines is 1. The van der Waals surface area contributed by atoms with Gasteiger partial charge in [0.15, 0.2) is 0 Å². The molecule has 0 aliphatic rings. The van der Waals surface area contributed by atoms with Gasteiger partial charge in [-0.3, -0.25) is 4.90 Å². The van der Waals surface area contributed by atoms with Crippen molar-refractivity contribution in [3.63, 3.8) is 0 Å². The maximum atomic E-state index is 11.2. The molecule has 4 heteroatoms. The minimum absolute atomic E-state index is 0.419. The van der Waals surface area contributed by atoms with Crippen LogP contribution in [-0.2, 0) is 6.54 Å². The summed E-state index contributed by atoms with van der Waals surface area (Å²) < 4.78 is 0. The Kier molecular flexibility index (Phi) is 4.12. The van der Waals surface area contributed by atoms with Crippen LogP contribution in [0.5, 0.6) is 0 Å². The van der Waals surface area contributed by atoms with Crippen LogP contribution in [0.2, 0.25) is 0 Å². The van der Waals surface area contributed by atoms with Gasteiger partial charge in [0.25, 0.3) is 0 Å². The predicted octanol–water partition coefficient (Wildman–Crippen LogP) is 1.44. The Balaban J connectivity index is 2.86. The molecule has 0 fully saturated rings. The van der Waals surface area contributed by atoms with Gasteiger partial charge >= 0.3 is 6.03 Å². The van der Waals surface area contributed by atoms with Crippen LogP contribution >= 0.6 is 0 Å². The number of nitrogens with two attached hydrogens (primary N) is 2. The van der Waals surface area contributed by atoms with Crippen molar-refractivity contribution in [1.29, 1.82) is 0 Å². The molecule has 0 saturated carbocycles. The lowest BCUT2D eigenvalue weighted by atomic mass is 10.2. The highest BCUT2D eigenvalue weighted by molar-refractivity contribution is 5.90. The maximum Gasteiger partial charge on any atom is 0.319 e. The van der Waals surface area contributed by atoms with E-state index in [9.17, 15) is 4.79 Å². The fraction of sp³-hybridized carbons (Fsp3) is 0.364. The zero-order valence-electron chi connectivity index (χ0n) is 8.94. The standard InChI is InChI=1S/C11H17N3O/c1-2-7-14(11(13)15)10-5-3-9(8-12)4-6-10/h3-6H,2,7-8,12H2,1H3,(H2,13,15). The van der Waals surface area contributed by atoms with E-state index in [2.05, 4.69) is 0 Å². The van der Waals surface area contributed by atoms with Crippen LogP contribution in [0.15, 0.2) is 24.3 Å². The molecule has 0 aliphatic carbocycles. The third-order valence-electron chi connectivity index (χ3n) is 2.20. The topological polar surface area (TPSA) is 72.3 Å². The molecule has 82 valence electrons. The molecule has 0 radical (unpaired) electrons. The van der Waals surface area contributed by atoms with Crippen LogP contribution in [0.25, 0.3) is 0 Å². The summed E-state index contributed by atoms with van der Waals surface area (Å²) in [5.74, 6) is 0. The number of benzene rings is 1. The maximum absolute atomic E-state index is 11.2. The minimum atomic E-state index is -0.419. The van der Waals surface area contributed by atoms with Crippen molar-refractivity contribution in [1.82, 2.24) is 0 Å². The second-order valence-corrected chi connectivity index (χ2v) is 3.36. The van der Waals surface area contributed by atoms with Gasteiger partial charge in [-0.05, 0) is 24.1 Å². The van der Waals surface area contributed by atoms with Crippen molar-refractivity contribution in [2.75, 3.05) is 11.4 Å². The summed E-state index contributed by atoms with van der Waals surface area (Å²) in [4.78, 5) is 12.7. The van der Waals surface area contributed by atoms with Crippen LogP contribution in [0, 0.1) is 0 Å². The van der Waals surface area contributed by atoms with E-state index < -0.39 is 6.03 Å². The lowest BCUT2D eigenvalue weighted by molar-refractivity contribution is 0.254. The molecule has 0 bridgehead atoms. The van der Waals surface area contributed by atoms with E-state index in [4.69, 9.17) is 11.5 Å². The normalized spacial score (nSPS) is 10.0. The summed E-state index contributed by atoms with van der Waals surface area (Å²) in [5.41, 5.74) is 12.6. The van der Waals surface area contributed by atoms with Gasteiger partial charge in [-0.25, -0.2) is 4.79 Å². The van der Waals surface area contributed by atoms with E-state index >= 15 is 0 Å². The minimum Gasteiger partial charge on any atom is -0.351 e. The van der Waals surface area contributed by atoms with E-state index in [1.54, 1.807) is 4.90 Å². The third-order valence-corrected chi connectivity index (χ3v) is 2.20. The first-order chi connectivity index (χ1) is 7.19. The van der Waals surface area contributed by atoms with Crippen LogP contribution in [0.1, 0.15) is 18.9 Å². The average molecular weight is 207 g/mol. The number of carbonyl (C=O) groups excluding carboxylic acids is 1. The Morgan fingerprint density at radius 2 is 1.93 bits per heavy atom. The first-order valence-corrected chi connectivity index (χ1v) is 5.05. The quantitative estimate of drug-likeness (QED) is 0.784. The second-order valence-electron chi connectivity index (χ2n) is 3.36. The largest absolute Gasteiger partial charge is 0.351 e. The van der Waals surface area contributed by atoms with Gasteiger partial charge in [-0.15, -0.1) is 0 Å². The monoisotopic (exact) mass is 207 g/mol. The van der Waals surface area contributed by atoms with E-state index in [0.29, 0.717) is 13.1 Å². The van der Waals surface area contributed by atoms with Gasteiger partial charge < -0.3 is 11.5 Å². The first-order valence-electron chi connectivity index (χ1n) is 5.05. The number of primary amides is 1. The Morgan fingerprint density at radius 1 is 1.33 bits per heavy atom. The summed E-state index contributed by atoms with van der Waals surface area (Å²) in [6.07, 6.45) is 0.877. The van der Waals surface area contributed by atoms with Crippen LogP contribution in [-0.4, -0.2) is 12.6 Å². The summed E-state index contributed by atoms with van der Waals surface area (Å²) in [6, 6.07) is 7.12. The van der Waals surface area contributed by atoms with Crippen molar-refractivity contribution in [2.24, 2.45) is 11.5 Å². The summed E-state index contributed by atoms with van der Waals surface area (Å²) in [5, 5.41) is 0. The molecule has 15 heavy (non-hydrogen) atoms. The molecule has 1 rings (SSSR count). The summed E-state index contributed by atoms with van der Waals surface area (Å²) in [7, 11) is 0. The highest BCUT2D eigenvalue weighted by Crippen LogP contribution is 2.15. The highest BCUT2D eigenvalue weighted by Gasteiger charge is 2.10. The van der Waals surface area contributed by atoms with Crippen molar-refractivity contribution in [3.05, 3.63) is 29.8 Å². The average Bonchev–Trinajstić information content (AvgIpc) is 2.26. The van der Waals surface area contributed by atoms with E-state index in [1.807, 2.05) is 31.2 Å². The molecule has 0 aromatic heterocycles. The van der Waals surface area contributed by atoms with Crippen molar-refractivity contribution in [3.8, 4) is 0 Å². The molecule has 0 heterocycles. The molecule has 1 aromatic carbocycles. The lowest BCUT2D eigenvalue weighted by Gasteiger charge is -2.19. The van der Waals surface area contributed by atoms with E-state index in [1.165, 1.54) is 0 Å². The Hall–Kier alpha value is -1.55. The Bertz CT molecular complexity index is 321. The smallest absolute Gasteiger partial charge is 0.319 e. The van der Waals surface area contributed by atoms with Crippen LogP contribution in [0.3, 0.4) is 0 Å². The zero-order chi connectivity index (χ0) is 11.3. The molecular weight excluding hydrogens is 190 g/mol. The molecule has 0 saturated heterocycles. The van der Waals surface area contributed by atoms with Gasteiger partial charge in [0.05, 0.1) is 0 Å².